The Morgan fingerprint density at radius 1 is 1.10 bits per heavy atom. The van der Waals surface area contributed by atoms with Gasteiger partial charge in [0.15, 0.2) is 0 Å². The van der Waals surface area contributed by atoms with Crippen molar-refractivity contribution in [3.05, 3.63) is 53.1 Å². The maximum atomic E-state index is 12.6. The van der Waals surface area contributed by atoms with Gasteiger partial charge in [0.05, 0.1) is 17.6 Å². The molecule has 3 aromatic rings. The van der Waals surface area contributed by atoms with E-state index in [1.807, 2.05) is 29.7 Å². The number of benzene rings is 2. The maximum absolute atomic E-state index is 12.6. The predicted molar refractivity (Wildman–Crippen MR) is 118 cm³/mol. The van der Waals surface area contributed by atoms with Crippen molar-refractivity contribution in [2.24, 2.45) is 11.5 Å². The van der Waals surface area contributed by atoms with E-state index in [-0.39, 0.29) is 24.2 Å². The Hall–Kier alpha value is -3.68. The lowest BCUT2D eigenvalue weighted by atomic mass is 10.0. The first-order valence-corrected chi connectivity index (χ1v) is 9.79. The number of fused-ring (bicyclic) bond motifs is 1. The van der Waals surface area contributed by atoms with Gasteiger partial charge in [-0.15, -0.1) is 0 Å². The number of amidine groups is 2. The number of esters is 1. The molecule has 0 spiro atoms. The average molecular weight is 406 g/mol. The van der Waals surface area contributed by atoms with E-state index in [1.165, 1.54) is 0 Å². The minimum atomic E-state index is -0.606. The highest BCUT2D eigenvalue weighted by Crippen LogP contribution is 2.32. The van der Waals surface area contributed by atoms with Crippen LogP contribution in [0.3, 0.4) is 0 Å². The second-order valence-corrected chi connectivity index (χ2v) is 6.99. The molecule has 0 aliphatic carbocycles. The number of imidazole rings is 1. The summed E-state index contributed by atoms with van der Waals surface area (Å²) >= 11 is 0. The van der Waals surface area contributed by atoms with Crippen LogP contribution in [-0.4, -0.2) is 33.8 Å². The molecule has 0 amide bonds. The maximum Gasteiger partial charge on any atom is 0.328 e. The molecule has 0 saturated heterocycles. The number of hydrogen-bond donors (Lipinski definition) is 4. The fraction of sp³-hybridized carbons (Fsp3) is 0.273. The van der Waals surface area contributed by atoms with Gasteiger partial charge in [0, 0.05) is 16.7 Å². The van der Waals surface area contributed by atoms with Crippen molar-refractivity contribution < 1.29 is 9.53 Å². The summed E-state index contributed by atoms with van der Waals surface area (Å²) in [5.41, 5.74) is 15.7. The van der Waals surface area contributed by atoms with Gasteiger partial charge in [-0.05, 0) is 38.0 Å². The Labute approximate surface area is 174 Å². The van der Waals surface area contributed by atoms with E-state index in [0.717, 1.165) is 16.6 Å². The van der Waals surface area contributed by atoms with Crippen LogP contribution in [0.25, 0.3) is 22.4 Å². The summed E-state index contributed by atoms with van der Waals surface area (Å²) in [5.74, 6) is 0.188. The minimum Gasteiger partial charge on any atom is -0.464 e. The molecule has 30 heavy (non-hydrogen) atoms. The molecule has 0 aliphatic heterocycles. The average Bonchev–Trinajstić information content (AvgIpc) is 3.12. The number of aromatic nitrogens is 2. The Bertz CT molecular complexity index is 1130. The highest BCUT2D eigenvalue weighted by Gasteiger charge is 2.25. The van der Waals surface area contributed by atoms with Crippen molar-refractivity contribution in [2.75, 3.05) is 6.61 Å². The molecule has 6 N–H and O–H groups in total. The number of carbonyl (C=O) groups is 1. The van der Waals surface area contributed by atoms with E-state index in [2.05, 4.69) is 0 Å². The molecule has 0 saturated carbocycles. The molecule has 156 valence electrons. The molecular formula is C22H26N6O2. The molecular weight excluding hydrogens is 380 g/mol. The van der Waals surface area contributed by atoms with E-state index in [9.17, 15) is 4.79 Å². The third-order valence-electron chi connectivity index (χ3n) is 5.03. The third kappa shape index (κ3) is 3.76. The van der Waals surface area contributed by atoms with E-state index >= 15 is 0 Å². The summed E-state index contributed by atoms with van der Waals surface area (Å²) in [5, 5.41) is 15.4. The molecule has 0 aliphatic rings. The molecule has 1 aromatic heterocycles. The first-order valence-electron chi connectivity index (χ1n) is 9.79. The van der Waals surface area contributed by atoms with E-state index < -0.39 is 6.04 Å². The first kappa shape index (κ1) is 21.0. The highest BCUT2D eigenvalue weighted by molar-refractivity contribution is 6.00. The number of ether oxygens (including phenoxy) is 1. The molecule has 2 aromatic carbocycles. The van der Waals surface area contributed by atoms with E-state index in [1.54, 1.807) is 32.0 Å². The fourth-order valence-electron chi connectivity index (χ4n) is 3.49. The van der Waals surface area contributed by atoms with Crippen molar-refractivity contribution in [2.45, 2.75) is 33.2 Å². The summed E-state index contributed by atoms with van der Waals surface area (Å²) in [7, 11) is 0. The summed E-state index contributed by atoms with van der Waals surface area (Å²) in [6.07, 6.45) is 0.682. The van der Waals surface area contributed by atoms with Gasteiger partial charge in [-0.2, -0.15) is 0 Å². The van der Waals surface area contributed by atoms with Crippen LogP contribution in [0.5, 0.6) is 0 Å². The van der Waals surface area contributed by atoms with Crippen molar-refractivity contribution in [1.29, 1.82) is 10.8 Å². The lowest BCUT2D eigenvalue weighted by molar-refractivity contribution is -0.146. The minimum absolute atomic E-state index is 0.0192. The van der Waals surface area contributed by atoms with Crippen LogP contribution >= 0.6 is 0 Å². The van der Waals surface area contributed by atoms with Gasteiger partial charge in [-0.25, -0.2) is 9.78 Å². The lowest BCUT2D eigenvalue weighted by Crippen LogP contribution is -2.20. The van der Waals surface area contributed by atoms with Crippen molar-refractivity contribution >= 4 is 28.7 Å². The Kier molecular flexibility index (Phi) is 5.86. The van der Waals surface area contributed by atoms with Gasteiger partial charge in [-0.1, -0.05) is 31.2 Å². The second-order valence-electron chi connectivity index (χ2n) is 6.99. The number of aryl methyl sites for hydroxylation is 1. The molecule has 0 fully saturated rings. The topological polar surface area (TPSA) is 144 Å². The van der Waals surface area contributed by atoms with Crippen LogP contribution in [-0.2, 0) is 16.0 Å². The molecule has 8 nitrogen and oxygen atoms in total. The van der Waals surface area contributed by atoms with Crippen LogP contribution in [0.2, 0.25) is 0 Å². The summed E-state index contributed by atoms with van der Waals surface area (Å²) in [6.45, 7) is 5.85. The molecule has 0 bridgehead atoms. The van der Waals surface area contributed by atoms with Crippen LogP contribution in [0.4, 0.5) is 0 Å². The standard InChI is InChI=1S/C22H26N6O2/c1-4-13-10-16(20(25)26)11-17-18(13)28(12(3)22(29)30-5-2)21(27-17)15-8-6-14(7-9-15)19(23)24/h6-12H,4-5H2,1-3H3,(H3,23,24)(H3,25,26). The molecule has 1 atom stereocenters. The normalized spacial score (nSPS) is 12.0. The van der Waals surface area contributed by atoms with Crippen LogP contribution in [0, 0.1) is 10.8 Å². The van der Waals surface area contributed by atoms with Gasteiger partial charge < -0.3 is 20.8 Å². The molecule has 8 heteroatoms. The largest absolute Gasteiger partial charge is 0.464 e. The van der Waals surface area contributed by atoms with Crippen molar-refractivity contribution in [3.63, 3.8) is 0 Å². The Morgan fingerprint density at radius 3 is 2.27 bits per heavy atom. The zero-order chi connectivity index (χ0) is 22.0. The number of nitrogens with zero attached hydrogens (tertiary/aromatic N) is 2. The third-order valence-corrected chi connectivity index (χ3v) is 5.03. The SMILES string of the molecule is CCOC(=O)C(C)n1c(-c2ccc(C(=N)N)cc2)nc2cc(C(=N)N)cc(CC)c21. The van der Waals surface area contributed by atoms with Crippen molar-refractivity contribution in [3.8, 4) is 11.4 Å². The van der Waals surface area contributed by atoms with Gasteiger partial charge >= 0.3 is 5.97 Å². The monoisotopic (exact) mass is 406 g/mol. The Balaban J connectivity index is 2.31. The summed E-state index contributed by atoms with van der Waals surface area (Å²) in [4.78, 5) is 17.4. The molecule has 0 radical (unpaired) electrons. The number of nitrogens with two attached hydrogens (primary N) is 2. The second kappa shape index (κ2) is 8.36. The smallest absolute Gasteiger partial charge is 0.328 e. The first-order chi connectivity index (χ1) is 14.3. The van der Waals surface area contributed by atoms with Crippen LogP contribution in [0.15, 0.2) is 36.4 Å². The fourth-order valence-corrected chi connectivity index (χ4v) is 3.49. The van der Waals surface area contributed by atoms with Crippen LogP contribution < -0.4 is 11.5 Å². The predicted octanol–water partition coefficient (Wildman–Crippen LogP) is 2.96. The number of carbonyl (C=O) groups excluding carboxylic acids is 1. The molecule has 3 rings (SSSR count). The highest BCUT2D eigenvalue weighted by atomic mass is 16.5. The van der Waals surface area contributed by atoms with Gasteiger partial charge in [-0.3, -0.25) is 10.8 Å². The van der Waals surface area contributed by atoms with Gasteiger partial charge in [0.1, 0.15) is 23.5 Å². The van der Waals surface area contributed by atoms with Gasteiger partial charge in [0.2, 0.25) is 0 Å². The number of rotatable bonds is 7. The summed E-state index contributed by atoms with van der Waals surface area (Å²) in [6, 6.07) is 10.2. The Morgan fingerprint density at radius 2 is 1.73 bits per heavy atom. The number of hydrogen-bond acceptors (Lipinski definition) is 5. The molecule has 1 unspecified atom stereocenters. The zero-order valence-electron chi connectivity index (χ0n) is 17.3. The number of nitrogen functional groups attached to an aromatic ring is 2. The van der Waals surface area contributed by atoms with Crippen molar-refractivity contribution in [1.82, 2.24) is 9.55 Å². The quantitative estimate of drug-likeness (QED) is 0.271. The van der Waals surface area contributed by atoms with E-state index in [0.29, 0.717) is 28.9 Å². The summed E-state index contributed by atoms with van der Waals surface area (Å²) < 4.78 is 7.14. The van der Waals surface area contributed by atoms with E-state index in [4.69, 9.17) is 32.0 Å². The number of nitrogens with one attached hydrogen (secondary N) is 2. The van der Waals surface area contributed by atoms with Crippen LogP contribution in [0.1, 0.15) is 43.5 Å². The zero-order valence-corrected chi connectivity index (χ0v) is 17.3. The lowest BCUT2D eigenvalue weighted by Gasteiger charge is -2.18. The van der Waals surface area contributed by atoms with Gasteiger partial charge in [0.25, 0.3) is 0 Å². The molecule has 1 heterocycles.